The Hall–Kier alpha value is -2.21. The summed E-state index contributed by atoms with van der Waals surface area (Å²) in [4.78, 5) is 16.9. The number of rotatable bonds is 5. The van der Waals surface area contributed by atoms with E-state index in [1.165, 1.54) is 19.2 Å². The van der Waals surface area contributed by atoms with E-state index in [2.05, 4.69) is 32.6 Å². The second-order valence-electron chi connectivity index (χ2n) is 7.44. The summed E-state index contributed by atoms with van der Waals surface area (Å²) in [7, 11) is 0. The molecular formula is C19H24N4O2. The summed E-state index contributed by atoms with van der Waals surface area (Å²) in [6.07, 6.45) is 4.88. The lowest BCUT2D eigenvalue weighted by atomic mass is 9.99. The lowest BCUT2D eigenvalue weighted by Gasteiger charge is -2.16. The maximum atomic E-state index is 12.7. The quantitative estimate of drug-likeness (QED) is 0.779. The Kier molecular flexibility index (Phi) is 4.29. The zero-order valence-corrected chi connectivity index (χ0v) is 14.4. The van der Waals surface area contributed by atoms with E-state index in [0.717, 1.165) is 28.9 Å². The highest BCUT2D eigenvalue weighted by molar-refractivity contribution is 5.96. The van der Waals surface area contributed by atoms with E-state index >= 15 is 0 Å². The van der Waals surface area contributed by atoms with Crippen molar-refractivity contribution >= 4 is 5.91 Å². The Morgan fingerprint density at radius 3 is 2.88 bits per heavy atom. The normalized spacial score (nSPS) is 25.9. The fraction of sp³-hybridized carbons (Fsp3) is 0.526. The topological polar surface area (TPSA) is 90.9 Å². The first-order valence-electron chi connectivity index (χ1n) is 9.04. The van der Waals surface area contributed by atoms with Crippen LogP contribution in [-0.2, 0) is 0 Å². The van der Waals surface area contributed by atoms with Gasteiger partial charge in [0.1, 0.15) is 12.2 Å². The van der Waals surface area contributed by atoms with Gasteiger partial charge in [0.05, 0.1) is 6.10 Å². The Morgan fingerprint density at radius 2 is 2.16 bits per heavy atom. The summed E-state index contributed by atoms with van der Waals surface area (Å²) >= 11 is 0. The molecule has 4 rings (SSSR count). The minimum Gasteiger partial charge on any atom is -0.393 e. The van der Waals surface area contributed by atoms with Crippen LogP contribution in [0.1, 0.15) is 64.8 Å². The number of hydrogen-bond acceptors (Lipinski definition) is 4. The molecule has 0 bridgehead atoms. The van der Waals surface area contributed by atoms with Gasteiger partial charge in [0.25, 0.3) is 5.91 Å². The van der Waals surface area contributed by atoms with Crippen LogP contribution in [0.4, 0.5) is 0 Å². The van der Waals surface area contributed by atoms with Gasteiger partial charge in [-0.15, -0.1) is 0 Å². The summed E-state index contributed by atoms with van der Waals surface area (Å²) in [5.74, 6) is 1.56. The molecule has 2 aromatic rings. The van der Waals surface area contributed by atoms with Crippen molar-refractivity contribution in [3.05, 3.63) is 47.0 Å². The van der Waals surface area contributed by atoms with E-state index in [0.29, 0.717) is 18.9 Å². The van der Waals surface area contributed by atoms with Crippen LogP contribution in [0.5, 0.6) is 0 Å². The number of H-pyrrole nitrogens is 1. The SMILES string of the molecule is Cc1ccc(C2CC2)c(C(=O)NC[C@@H]2C[C@@H](c3ncn[nH]3)C[C@@H]2O)c1. The standard InChI is InChI=1S/C19H24N4O2/c1-11-2-5-15(12-3-4-12)16(6-11)19(25)20-9-14-7-13(8-17(14)24)18-21-10-22-23-18/h2,5-6,10,12-14,17,24H,3-4,7-9H2,1H3,(H,20,25)(H,21,22,23)/t13-,14+,17+/m1/s1. The molecule has 1 amide bonds. The molecule has 2 aliphatic carbocycles. The molecule has 1 aromatic carbocycles. The number of nitrogens with zero attached hydrogens (tertiary/aromatic N) is 2. The van der Waals surface area contributed by atoms with E-state index in [9.17, 15) is 9.90 Å². The minimum atomic E-state index is -0.421. The van der Waals surface area contributed by atoms with Gasteiger partial charge in [0.2, 0.25) is 0 Å². The molecule has 132 valence electrons. The molecule has 1 aromatic heterocycles. The maximum Gasteiger partial charge on any atom is 0.251 e. The Balaban J connectivity index is 1.40. The number of carbonyl (C=O) groups excluding carboxylic acids is 1. The highest BCUT2D eigenvalue weighted by atomic mass is 16.3. The monoisotopic (exact) mass is 340 g/mol. The molecule has 6 heteroatoms. The first-order chi connectivity index (χ1) is 12.1. The van der Waals surface area contributed by atoms with Crippen LogP contribution in [0, 0.1) is 12.8 Å². The van der Waals surface area contributed by atoms with Crippen LogP contribution in [0.15, 0.2) is 24.5 Å². The smallest absolute Gasteiger partial charge is 0.251 e. The summed E-state index contributed by atoms with van der Waals surface area (Å²) in [6, 6.07) is 6.14. The van der Waals surface area contributed by atoms with Gasteiger partial charge in [-0.2, -0.15) is 5.10 Å². The van der Waals surface area contributed by atoms with Gasteiger partial charge < -0.3 is 10.4 Å². The number of carbonyl (C=O) groups is 1. The average Bonchev–Trinajstić information content (AvgIpc) is 3.16. The summed E-state index contributed by atoms with van der Waals surface area (Å²) < 4.78 is 0. The molecule has 3 N–H and O–H groups in total. The Morgan fingerprint density at radius 1 is 1.32 bits per heavy atom. The predicted octanol–water partition coefficient (Wildman–Crippen LogP) is 2.28. The molecule has 2 fully saturated rings. The van der Waals surface area contributed by atoms with Crippen LogP contribution in [0.25, 0.3) is 0 Å². The molecule has 2 saturated carbocycles. The highest BCUT2D eigenvalue weighted by Crippen LogP contribution is 2.42. The Bertz CT molecular complexity index is 755. The van der Waals surface area contributed by atoms with E-state index in [-0.39, 0.29) is 17.7 Å². The van der Waals surface area contributed by atoms with Crippen molar-refractivity contribution in [1.29, 1.82) is 0 Å². The van der Waals surface area contributed by atoms with Crippen LogP contribution >= 0.6 is 0 Å². The highest BCUT2D eigenvalue weighted by Gasteiger charge is 2.35. The first kappa shape index (κ1) is 16.3. The molecule has 1 heterocycles. The number of amides is 1. The lowest BCUT2D eigenvalue weighted by Crippen LogP contribution is -2.33. The van der Waals surface area contributed by atoms with E-state index in [1.807, 2.05) is 13.0 Å². The summed E-state index contributed by atoms with van der Waals surface area (Å²) in [5, 5.41) is 20.1. The molecule has 25 heavy (non-hydrogen) atoms. The second kappa shape index (κ2) is 6.59. The van der Waals surface area contributed by atoms with Gasteiger partial charge in [-0.3, -0.25) is 9.89 Å². The van der Waals surface area contributed by atoms with E-state index in [1.54, 1.807) is 0 Å². The van der Waals surface area contributed by atoms with Gasteiger partial charge in [-0.05, 0) is 50.2 Å². The number of benzene rings is 1. The third-order valence-corrected chi connectivity index (χ3v) is 5.47. The molecular weight excluding hydrogens is 316 g/mol. The van der Waals surface area contributed by atoms with Gasteiger partial charge in [-0.25, -0.2) is 4.98 Å². The molecule has 0 spiro atoms. The summed E-state index contributed by atoms with van der Waals surface area (Å²) in [5.41, 5.74) is 3.05. The largest absolute Gasteiger partial charge is 0.393 e. The molecule has 0 radical (unpaired) electrons. The van der Waals surface area contributed by atoms with Crippen molar-refractivity contribution in [1.82, 2.24) is 20.5 Å². The predicted molar refractivity (Wildman–Crippen MR) is 93.3 cm³/mol. The second-order valence-corrected chi connectivity index (χ2v) is 7.44. The van der Waals surface area contributed by atoms with Crippen molar-refractivity contribution in [2.45, 2.75) is 50.5 Å². The number of aliphatic hydroxyl groups excluding tert-OH is 1. The average molecular weight is 340 g/mol. The molecule has 3 atom stereocenters. The van der Waals surface area contributed by atoms with Crippen LogP contribution in [-0.4, -0.2) is 38.8 Å². The van der Waals surface area contributed by atoms with Crippen molar-refractivity contribution in [2.24, 2.45) is 5.92 Å². The van der Waals surface area contributed by atoms with E-state index in [4.69, 9.17) is 0 Å². The zero-order valence-electron chi connectivity index (χ0n) is 14.4. The first-order valence-corrected chi connectivity index (χ1v) is 9.04. The minimum absolute atomic E-state index is 0.0269. The van der Waals surface area contributed by atoms with Crippen LogP contribution in [0.3, 0.4) is 0 Å². The number of hydrogen-bond donors (Lipinski definition) is 3. The number of aryl methyl sites for hydroxylation is 1. The van der Waals surface area contributed by atoms with Gasteiger partial charge in [0.15, 0.2) is 0 Å². The van der Waals surface area contributed by atoms with Crippen molar-refractivity contribution < 1.29 is 9.90 Å². The Labute approximate surface area is 147 Å². The van der Waals surface area contributed by atoms with Gasteiger partial charge >= 0.3 is 0 Å². The third-order valence-electron chi connectivity index (χ3n) is 5.47. The fourth-order valence-electron chi connectivity index (χ4n) is 3.89. The van der Waals surface area contributed by atoms with Crippen LogP contribution in [0.2, 0.25) is 0 Å². The molecule has 0 aliphatic heterocycles. The number of aliphatic hydroxyl groups is 1. The van der Waals surface area contributed by atoms with Crippen LogP contribution < -0.4 is 5.32 Å². The zero-order chi connectivity index (χ0) is 17.4. The van der Waals surface area contributed by atoms with Gasteiger partial charge in [-0.1, -0.05) is 17.7 Å². The number of aromatic nitrogens is 3. The molecule has 2 aliphatic rings. The van der Waals surface area contributed by atoms with Crippen molar-refractivity contribution in [3.63, 3.8) is 0 Å². The maximum absolute atomic E-state index is 12.7. The third kappa shape index (κ3) is 3.44. The molecule has 0 saturated heterocycles. The fourth-order valence-corrected chi connectivity index (χ4v) is 3.89. The van der Waals surface area contributed by atoms with Crippen molar-refractivity contribution in [3.8, 4) is 0 Å². The van der Waals surface area contributed by atoms with E-state index < -0.39 is 6.10 Å². The van der Waals surface area contributed by atoms with Gasteiger partial charge in [0, 0.05) is 23.9 Å². The summed E-state index contributed by atoms with van der Waals surface area (Å²) in [6.45, 7) is 2.50. The lowest BCUT2D eigenvalue weighted by molar-refractivity contribution is 0.0915. The molecule has 6 nitrogen and oxygen atoms in total. The molecule has 0 unspecified atom stereocenters. The number of aromatic amines is 1. The number of nitrogens with one attached hydrogen (secondary N) is 2. The van der Waals surface area contributed by atoms with Crippen molar-refractivity contribution in [2.75, 3.05) is 6.54 Å².